The summed E-state index contributed by atoms with van der Waals surface area (Å²) in [5, 5.41) is 2.80. The summed E-state index contributed by atoms with van der Waals surface area (Å²) in [7, 11) is -3.76. The highest BCUT2D eigenvalue weighted by molar-refractivity contribution is 7.89. The van der Waals surface area contributed by atoms with Crippen LogP contribution >= 0.6 is 0 Å². The van der Waals surface area contributed by atoms with Gasteiger partial charge in [0.05, 0.1) is 10.8 Å². The van der Waals surface area contributed by atoms with Crippen molar-refractivity contribution in [1.29, 1.82) is 0 Å². The van der Waals surface area contributed by atoms with Crippen LogP contribution in [0.1, 0.15) is 32.4 Å². The molecule has 2 aromatic rings. The van der Waals surface area contributed by atoms with Crippen LogP contribution in [0.4, 0.5) is 5.82 Å². The number of sulfonamides is 1. The fourth-order valence-electron chi connectivity index (χ4n) is 4.00. The molecule has 1 saturated heterocycles. The van der Waals surface area contributed by atoms with Gasteiger partial charge in [-0.3, -0.25) is 14.4 Å². The van der Waals surface area contributed by atoms with Crippen LogP contribution in [0.25, 0.3) is 0 Å². The number of carbonyl (C=O) groups excluding carboxylic acids is 2. The highest BCUT2D eigenvalue weighted by Gasteiger charge is 2.29. The van der Waals surface area contributed by atoms with Crippen molar-refractivity contribution >= 4 is 27.7 Å². The number of aromatic nitrogens is 2. The lowest BCUT2D eigenvalue weighted by molar-refractivity contribution is -0.135. The molecule has 1 aliphatic heterocycles. The van der Waals surface area contributed by atoms with Gasteiger partial charge in [0.15, 0.2) is 0 Å². The fraction of sp³-hybridized carbons (Fsp3) is 0.478. The zero-order valence-corrected chi connectivity index (χ0v) is 20.5. The number of anilines is 1. The maximum atomic E-state index is 13.0. The zero-order valence-electron chi connectivity index (χ0n) is 19.7. The monoisotopic (exact) mass is 489 g/mol. The first kappa shape index (κ1) is 25.6. The van der Waals surface area contributed by atoms with Crippen molar-refractivity contribution in [3.05, 3.63) is 52.6 Å². The van der Waals surface area contributed by atoms with Crippen LogP contribution in [0.15, 0.2) is 46.2 Å². The minimum absolute atomic E-state index is 0.0369. The first-order chi connectivity index (χ1) is 16.1. The number of aryl methyl sites for hydroxylation is 1. The molecule has 0 aliphatic carbocycles. The minimum atomic E-state index is -3.76. The van der Waals surface area contributed by atoms with E-state index in [0.29, 0.717) is 38.3 Å². The molecule has 184 valence electrons. The molecule has 10 nitrogen and oxygen atoms in total. The highest BCUT2D eigenvalue weighted by atomic mass is 32.2. The Hall–Kier alpha value is -3.05. The number of hydrogen-bond donors (Lipinski definition) is 1. The quantitative estimate of drug-likeness (QED) is 0.599. The van der Waals surface area contributed by atoms with Crippen LogP contribution in [-0.2, 0) is 26.2 Å². The molecule has 0 aromatic carbocycles. The summed E-state index contributed by atoms with van der Waals surface area (Å²) in [6.07, 6.45) is 2.50. The zero-order chi connectivity index (χ0) is 24.9. The van der Waals surface area contributed by atoms with Crippen LogP contribution in [0, 0.1) is 12.8 Å². The number of piperidine rings is 1. The summed E-state index contributed by atoms with van der Waals surface area (Å²) in [5.41, 5.74) is 0.317. The molecule has 1 aliphatic rings. The van der Waals surface area contributed by atoms with Crippen molar-refractivity contribution in [2.45, 2.75) is 45.1 Å². The second-order valence-corrected chi connectivity index (χ2v) is 10.2. The van der Waals surface area contributed by atoms with Gasteiger partial charge in [-0.25, -0.2) is 13.4 Å². The van der Waals surface area contributed by atoms with Gasteiger partial charge in [-0.15, -0.1) is 0 Å². The maximum absolute atomic E-state index is 13.0. The van der Waals surface area contributed by atoms with Crippen molar-refractivity contribution in [1.82, 2.24) is 18.8 Å². The van der Waals surface area contributed by atoms with Gasteiger partial charge < -0.3 is 14.8 Å². The lowest BCUT2D eigenvalue weighted by Crippen LogP contribution is -2.45. The minimum Gasteiger partial charge on any atom is -0.340 e. The number of pyridine rings is 2. The molecule has 3 rings (SSSR count). The highest BCUT2D eigenvalue weighted by Crippen LogP contribution is 2.19. The van der Waals surface area contributed by atoms with Crippen molar-refractivity contribution in [2.75, 3.05) is 31.5 Å². The molecule has 0 spiro atoms. The Morgan fingerprint density at radius 1 is 1.18 bits per heavy atom. The molecule has 3 heterocycles. The Kier molecular flexibility index (Phi) is 8.21. The van der Waals surface area contributed by atoms with Crippen LogP contribution in [0.3, 0.4) is 0 Å². The van der Waals surface area contributed by atoms with Gasteiger partial charge in [0.2, 0.25) is 21.8 Å². The fourth-order valence-corrected chi connectivity index (χ4v) is 5.48. The first-order valence-corrected chi connectivity index (χ1v) is 12.8. The smallest absolute Gasteiger partial charge is 0.251 e. The van der Waals surface area contributed by atoms with Gasteiger partial charge in [-0.2, -0.15) is 4.31 Å². The van der Waals surface area contributed by atoms with E-state index in [-0.39, 0.29) is 29.8 Å². The van der Waals surface area contributed by atoms with Crippen molar-refractivity contribution in [2.24, 2.45) is 5.92 Å². The lowest BCUT2D eigenvalue weighted by atomic mass is 9.97. The van der Waals surface area contributed by atoms with Gasteiger partial charge in [-0.05, 0) is 38.0 Å². The predicted molar refractivity (Wildman–Crippen MR) is 128 cm³/mol. The van der Waals surface area contributed by atoms with Gasteiger partial charge in [0.1, 0.15) is 12.4 Å². The van der Waals surface area contributed by atoms with E-state index in [0.717, 1.165) is 16.3 Å². The van der Waals surface area contributed by atoms with Crippen molar-refractivity contribution in [3.8, 4) is 0 Å². The van der Waals surface area contributed by atoms with Crippen LogP contribution in [0.5, 0.6) is 0 Å². The van der Waals surface area contributed by atoms with E-state index in [1.165, 1.54) is 16.6 Å². The lowest BCUT2D eigenvalue weighted by Gasteiger charge is -2.32. The van der Waals surface area contributed by atoms with Gasteiger partial charge in [-0.1, -0.05) is 19.9 Å². The summed E-state index contributed by atoms with van der Waals surface area (Å²) in [6, 6.07) is 7.77. The standard InChI is InChI=1S/C23H31N5O5S/c1-4-28(5-2)34(32,33)19-11-12-21(29)27(15-19)16-22(30)26-13-7-9-18(14-26)23(31)25-20-10-6-8-17(3)24-20/h6,8,10-12,15,18H,4-5,7,9,13-14,16H2,1-3H3,(H,24,25,31)/t18-/m0/s1. The molecule has 2 aromatic heterocycles. The predicted octanol–water partition coefficient (Wildman–Crippen LogP) is 1.46. The summed E-state index contributed by atoms with van der Waals surface area (Å²) in [4.78, 5) is 43.8. The van der Waals surface area contributed by atoms with Crippen LogP contribution in [0.2, 0.25) is 0 Å². The van der Waals surface area contributed by atoms with E-state index in [1.54, 1.807) is 30.9 Å². The Balaban J connectivity index is 1.70. The van der Waals surface area contributed by atoms with E-state index >= 15 is 0 Å². The van der Waals surface area contributed by atoms with Crippen LogP contribution < -0.4 is 10.9 Å². The number of carbonyl (C=O) groups is 2. The normalized spacial score (nSPS) is 16.5. The number of amides is 2. The molecule has 2 amide bonds. The van der Waals surface area contributed by atoms with E-state index in [2.05, 4.69) is 10.3 Å². The molecule has 0 radical (unpaired) electrons. The van der Waals surface area contributed by atoms with Crippen molar-refractivity contribution < 1.29 is 18.0 Å². The summed E-state index contributed by atoms with van der Waals surface area (Å²) >= 11 is 0. The number of nitrogens with zero attached hydrogens (tertiary/aromatic N) is 4. The summed E-state index contributed by atoms with van der Waals surface area (Å²) in [5.74, 6) is -0.483. The molecule has 1 N–H and O–H groups in total. The third kappa shape index (κ3) is 5.89. The van der Waals surface area contributed by atoms with Gasteiger partial charge >= 0.3 is 0 Å². The topological polar surface area (TPSA) is 122 Å². The number of nitrogens with one attached hydrogen (secondary N) is 1. The molecule has 11 heteroatoms. The van der Waals surface area contributed by atoms with E-state index in [4.69, 9.17) is 0 Å². The largest absolute Gasteiger partial charge is 0.340 e. The number of likely N-dealkylation sites (tertiary alicyclic amines) is 1. The van der Waals surface area contributed by atoms with Gasteiger partial charge in [0, 0.05) is 44.1 Å². The second-order valence-electron chi connectivity index (χ2n) is 8.25. The molecule has 0 bridgehead atoms. The Morgan fingerprint density at radius 3 is 2.59 bits per heavy atom. The van der Waals surface area contributed by atoms with Crippen LogP contribution in [-0.4, -0.2) is 65.2 Å². The second kappa shape index (κ2) is 10.9. The average Bonchev–Trinajstić information content (AvgIpc) is 2.81. The third-order valence-corrected chi connectivity index (χ3v) is 7.92. The SMILES string of the molecule is CCN(CC)S(=O)(=O)c1ccc(=O)n(CC(=O)N2CCC[C@H](C(=O)Nc3cccc(C)n3)C2)c1. The number of rotatable bonds is 8. The third-order valence-electron chi connectivity index (χ3n) is 5.89. The molecule has 1 fully saturated rings. The summed E-state index contributed by atoms with van der Waals surface area (Å²) in [6.45, 7) is 6.30. The maximum Gasteiger partial charge on any atom is 0.251 e. The molecule has 34 heavy (non-hydrogen) atoms. The molecule has 0 unspecified atom stereocenters. The van der Waals surface area contributed by atoms with Crippen molar-refractivity contribution in [3.63, 3.8) is 0 Å². The molecular weight excluding hydrogens is 458 g/mol. The molecule has 1 atom stereocenters. The van der Waals surface area contributed by atoms with E-state index < -0.39 is 21.5 Å². The van der Waals surface area contributed by atoms with E-state index in [1.807, 2.05) is 13.0 Å². The molecule has 0 saturated carbocycles. The summed E-state index contributed by atoms with van der Waals surface area (Å²) < 4.78 is 28.0. The number of hydrogen-bond acceptors (Lipinski definition) is 6. The Morgan fingerprint density at radius 2 is 1.91 bits per heavy atom. The molecular formula is C23H31N5O5S. The van der Waals surface area contributed by atoms with Gasteiger partial charge in [0.25, 0.3) is 5.56 Å². The Labute approximate surface area is 199 Å². The average molecular weight is 490 g/mol. The van der Waals surface area contributed by atoms with E-state index in [9.17, 15) is 22.8 Å². The Bertz CT molecular complexity index is 1210. The first-order valence-electron chi connectivity index (χ1n) is 11.4.